The molecule has 0 aromatic carbocycles. The van der Waals surface area contributed by atoms with E-state index in [1.54, 1.807) is 0 Å². The minimum Gasteiger partial charge on any atom is -0.449 e. The lowest BCUT2D eigenvalue weighted by Gasteiger charge is -1.97. The molecule has 0 radical (unpaired) electrons. The third-order valence-electron chi connectivity index (χ3n) is 1.24. The van der Waals surface area contributed by atoms with Gasteiger partial charge in [-0.05, 0) is 12.8 Å². The van der Waals surface area contributed by atoms with E-state index in [-0.39, 0.29) is 13.0 Å². The molecule has 0 rings (SSSR count). The molecule has 0 aromatic heterocycles. The molecule has 0 fully saturated rings. The summed E-state index contributed by atoms with van der Waals surface area (Å²) in [5.74, 6) is -0.736. The van der Waals surface area contributed by atoms with Gasteiger partial charge in [-0.15, -0.1) is 0 Å². The Hall–Kier alpha value is -1.10. The molecule has 0 amide bonds. The van der Waals surface area contributed by atoms with Crippen LogP contribution in [0.1, 0.15) is 25.7 Å². The van der Waals surface area contributed by atoms with Gasteiger partial charge in [-0.25, -0.2) is 4.79 Å². The van der Waals surface area contributed by atoms with Gasteiger partial charge in [-0.2, -0.15) is 0 Å². The Balaban J connectivity index is 3.26. The molecule has 5 heteroatoms. The van der Waals surface area contributed by atoms with Gasteiger partial charge in [0.15, 0.2) is 0 Å². The highest BCUT2D eigenvalue weighted by atomic mass is 16.7. The van der Waals surface area contributed by atoms with Crippen LogP contribution in [0.5, 0.6) is 0 Å². The first-order valence-corrected chi connectivity index (χ1v) is 3.71. The Morgan fingerprint density at radius 3 is 2.33 bits per heavy atom. The lowest BCUT2D eigenvalue weighted by molar-refractivity contribution is -0.139. The Morgan fingerprint density at radius 2 is 1.83 bits per heavy atom. The molecular formula is C7H12O5. The summed E-state index contributed by atoms with van der Waals surface area (Å²) >= 11 is 0. The molecule has 0 aliphatic rings. The second kappa shape index (κ2) is 6.60. The van der Waals surface area contributed by atoms with E-state index in [9.17, 15) is 9.59 Å². The summed E-state index contributed by atoms with van der Waals surface area (Å²) in [6.45, 7) is 0.0912. The summed E-state index contributed by atoms with van der Waals surface area (Å²) in [5, 5.41) is 16.4. The largest absolute Gasteiger partial charge is 0.513 e. The van der Waals surface area contributed by atoms with Crippen molar-refractivity contribution in [2.24, 2.45) is 0 Å². The molecule has 12 heavy (non-hydrogen) atoms. The zero-order valence-electron chi connectivity index (χ0n) is 6.65. The fourth-order valence-corrected chi connectivity index (χ4v) is 0.706. The minimum atomic E-state index is -1.57. The van der Waals surface area contributed by atoms with E-state index in [0.717, 1.165) is 0 Å². The predicted octanol–water partition coefficient (Wildman–Crippen LogP) is 0.760. The van der Waals surface area contributed by atoms with Crippen LogP contribution in [-0.4, -0.2) is 28.9 Å². The molecule has 0 bridgehead atoms. The zero-order chi connectivity index (χ0) is 9.40. The van der Waals surface area contributed by atoms with E-state index < -0.39 is 12.1 Å². The molecule has 0 heterocycles. The van der Waals surface area contributed by atoms with Crippen LogP contribution in [0.15, 0.2) is 0 Å². The van der Waals surface area contributed by atoms with E-state index in [1.807, 2.05) is 0 Å². The average molecular weight is 176 g/mol. The number of carbonyl (C=O) groups excluding carboxylic acids is 1. The van der Waals surface area contributed by atoms with Crippen molar-refractivity contribution in [2.45, 2.75) is 25.7 Å². The van der Waals surface area contributed by atoms with E-state index in [2.05, 4.69) is 4.74 Å². The second-order valence-electron chi connectivity index (χ2n) is 2.27. The maximum absolute atomic E-state index is 10.6. The number of unbranched alkanes of at least 4 members (excludes halogenated alkanes) is 2. The van der Waals surface area contributed by atoms with Crippen molar-refractivity contribution in [1.82, 2.24) is 0 Å². The van der Waals surface area contributed by atoms with Gasteiger partial charge in [0.05, 0.1) is 0 Å². The summed E-state index contributed by atoms with van der Waals surface area (Å²) < 4.78 is 3.85. The number of esters is 1. The van der Waals surface area contributed by atoms with Crippen LogP contribution in [0, 0.1) is 0 Å². The van der Waals surface area contributed by atoms with Gasteiger partial charge in [-0.3, -0.25) is 4.79 Å². The molecule has 70 valence electrons. The smallest absolute Gasteiger partial charge is 0.449 e. The van der Waals surface area contributed by atoms with Gasteiger partial charge in [0, 0.05) is 13.0 Å². The van der Waals surface area contributed by atoms with Crippen LogP contribution in [0.3, 0.4) is 0 Å². The number of aliphatic hydroxyl groups is 1. The first-order valence-electron chi connectivity index (χ1n) is 3.71. The van der Waals surface area contributed by atoms with Gasteiger partial charge < -0.3 is 14.9 Å². The maximum Gasteiger partial charge on any atom is 0.513 e. The topological polar surface area (TPSA) is 83.8 Å². The molecule has 0 spiro atoms. The molecule has 5 nitrogen and oxygen atoms in total. The second-order valence-corrected chi connectivity index (χ2v) is 2.27. The van der Waals surface area contributed by atoms with Crippen LogP contribution >= 0.6 is 0 Å². The first-order chi connectivity index (χ1) is 5.66. The lowest BCUT2D eigenvalue weighted by atomic mass is 10.2. The molecule has 0 aliphatic carbocycles. The van der Waals surface area contributed by atoms with Crippen molar-refractivity contribution in [3.63, 3.8) is 0 Å². The predicted molar refractivity (Wildman–Crippen MR) is 39.7 cm³/mol. The molecule has 2 N–H and O–H groups in total. The van der Waals surface area contributed by atoms with Crippen molar-refractivity contribution in [2.75, 3.05) is 6.61 Å². The number of rotatable bonds is 5. The first kappa shape index (κ1) is 10.9. The average Bonchev–Trinajstić information content (AvgIpc) is 1.97. The SMILES string of the molecule is O=C(O)OC(=O)CCCCCO. The number of hydrogen-bond acceptors (Lipinski definition) is 4. The monoisotopic (exact) mass is 176 g/mol. The highest BCUT2D eigenvalue weighted by Gasteiger charge is 2.06. The third kappa shape index (κ3) is 7.01. The van der Waals surface area contributed by atoms with Crippen molar-refractivity contribution in [1.29, 1.82) is 0 Å². The van der Waals surface area contributed by atoms with E-state index in [4.69, 9.17) is 10.2 Å². The van der Waals surface area contributed by atoms with Crippen molar-refractivity contribution in [3.05, 3.63) is 0 Å². The van der Waals surface area contributed by atoms with E-state index >= 15 is 0 Å². The molecule has 0 saturated heterocycles. The van der Waals surface area contributed by atoms with Gasteiger partial charge in [0.2, 0.25) is 0 Å². The Bertz CT molecular complexity index is 154. The van der Waals surface area contributed by atoms with Gasteiger partial charge in [0.25, 0.3) is 0 Å². The maximum atomic E-state index is 10.6. The molecule has 0 atom stereocenters. The van der Waals surface area contributed by atoms with E-state index in [1.165, 1.54) is 0 Å². The van der Waals surface area contributed by atoms with Gasteiger partial charge in [0.1, 0.15) is 0 Å². The lowest BCUT2D eigenvalue weighted by Crippen LogP contribution is -2.09. The van der Waals surface area contributed by atoms with Crippen LogP contribution in [0.2, 0.25) is 0 Å². The number of carbonyl (C=O) groups is 2. The number of aliphatic hydroxyl groups excluding tert-OH is 1. The highest BCUT2D eigenvalue weighted by molar-refractivity contribution is 5.80. The molecule has 0 saturated carbocycles. The number of carboxylic acid groups (broad SMARTS) is 1. The van der Waals surface area contributed by atoms with E-state index in [0.29, 0.717) is 19.3 Å². The van der Waals surface area contributed by atoms with Crippen LogP contribution < -0.4 is 0 Å². The van der Waals surface area contributed by atoms with Crippen LogP contribution in [-0.2, 0) is 9.53 Å². The Labute approximate surface area is 70.0 Å². The van der Waals surface area contributed by atoms with Gasteiger partial charge >= 0.3 is 12.1 Å². The fourth-order valence-electron chi connectivity index (χ4n) is 0.706. The highest BCUT2D eigenvalue weighted by Crippen LogP contribution is 2.00. The molecule has 0 aliphatic heterocycles. The molecule has 0 unspecified atom stereocenters. The summed E-state index contributed by atoms with van der Waals surface area (Å²) in [6.07, 6.45) is 0.395. The minimum absolute atomic E-state index is 0.0896. The quantitative estimate of drug-likeness (QED) is 0.367. The zero-order valence-corrected chi connectivity index (χ0v) is 6.65. The van der Waals surface area contributed by atoms with Crippen molar-refractivity contribution < 1.29 is 24.5 Å². The summed E-state index contributed by atoms with van der Waals surface area (Å²) in [7, 11) is 0. The van der Waals surface area contributed by atoms with Gasteiger partial charge in [-0.1, -0.05) is 6.42 Å². The summed E-state index contributed by atoms with van der Waals surface area (Å²) in [5.41, 5.74) is 0. The Kier molecular flexibility index (Phi) is 6.00. The standard InChI is InChI=1S/C7H12O5/c8-5-3-1-2-4-6(9)12-7(10)11/h8H,1-5H2,(H,10,11). The van der Waals surface area contributed by atoms with Crippen LogP contribution in [0.4, 0.5) is 4.79 Å². The third-order valence-corrected chi connectivity index (χ3v) is 1.24. The van der Waals surface area contributed by atoms with Crippen molar-refractivity contribution in [3.8, 4) is 0 Å². The number of hydrogen-bond donors (Lipinski definition) is 2. The fraction of sp³-hybridized carbons (Fsp3) is 0.714. The number of ether oxygens (including phenoxy) is 1. The molecular weight excluding hydrogens is 164 g/mol. The van der Waals surface area contributed by atoms with Crippen molar-refractivity contribution >= 4 is 12.1 Å². The Morgan fingerprint density at radius 1 is 1.17 bits per heavy atom. The van der Waals surface area contributed by atoms with Crippen LogP contribution in [0.25, 0.3) is 0 Å². The summed E-state index contributed by atoms with van der Waals surface area (Å²) in [4.78, 5) is 20.4. The molecule has 0 aromatic rings. The summed E-state index contributed by atoms with van der Waals surface area (Å²) in [6, 6.07) is 0. The normalized spacial score (nSPS) is 9.42.